The van der Waals surface area contributed by atoms with Crippen LogP contribution in [0, 0.1) is 0 Å². The van der Waals surface area contributed by atoms with Crippen LogP contribution >= 0.6 is 0 Å². The first-order valence-electron chi connectivity index (χ1n) is 7.72. The molecule has 0 aliphatic heterocycles. The third-order valence-corrected chi connectivity index (χ3v) is 2.81. The molecule has 0 bridgehead atoms. The van der Waals surface area contributed by atoms with E-state index in [1.165, 1.54) is 0 Å². The van der Waals surface area contributed by atoms with Gasteiger partial charge in [0.05, 0.1) is 19.8 Å². The molecule has 1 rings (SSSR count). The minimum atomic E-state index is -0.461. The Hall–Kier alpha value is -2.44. The minimum absolute atomic E-state index is 0.276. The Morgan fingerprint density at radius 3 is 1.83 bits per heavy atom. The zero-order chi connectivity index (χ0) is 17.2. The van der Waals surface area contributed by atoms with Crippen LogP contribution in [0.3, 0.4) is 0 Å². The zero-order valence-electron chi connectivity index (χ0n) is 14.0. The van der Waals surface area contributed by atoms with Gasteiger partial charge in [0.25, 0.3) is 5.91 Å². The molecule has 2 amide bonds. The van der Waals surface area contributed by atoms with Gasteiger partial charge in [0.1, 0.15) is 0 Å². The molecular formula is C16H24N2O5. The molecular weight excluding hydrogens is 300 g/mol. The fraction of sp³-hybridized carbons (Fsp3) is 0.500. The van der Waals surface area contributed by atoms with Gasteiger partial charge in [0, 0.05) is 12.0 Å². The first kappa shape index (κ1) is 18.6. The Bertz CT molecular complexity index is 518. The highest BCUT2D eigenvalue weighted by Gasteiger charge is 2.18. The lowest BCUT2D eigenvalue weighted by Gasteiger charge is -2.17. The molecule has 0 fully saturated rings. The van der Waals surface area contributed by atoms with Crippen LogP contribution in [0.5, 0.6) is 17.2 Å². The van der Waals surface area contributed by atoms with E-state index in [0.29, 0.717) is 42.6 Å². The summed E-state index contributed by atoms with van der Waals surface area (Å²) < 4.78 is 16.7. The summed E-state index contributed by atoms with van der Waals surface area (Å²) in [5.74, 6) is 0.570. The van der Waals surface area contributed by atoms with E-state index in [1.54, 1.807) is 19.1 Å². The van der Waals surface area contributed by atoms with E-state index in [0.717, 1.165) is 0 Å². The van der Waals surface area contributed by atoms with Gasteiger partial charge in [-0.3, -0.25) is 20.4 Å². The first-order valence-corrected chi connectivity index (χ1v) is 7.72. The maximum atomic E-state index is 12.2. The lowest BCUT2D eigenvalue weighted by Crippen LogP contribution is -2.41. The number of carbonyl (C=O) groups is 2. The van der Waals surface area contributed by atoms with Crippen molar-refractivity contribution in [2.24, 2.45) is 0 Å². The normalized spacial score (nSPS) is 9.91. The second-order valence-corrected chi connectivity index (χ2v) is 4.46. The molecule has 0 saturated carbocycles. The molecule has 0 spiro atoms. The molecule has 2 N–H and O–H groups in total. The molecule has 0 aliphatic rings. The van der Waals surface area contributed by atoms with Gasteiger partial charge in [-0.15, -0.1) is 0 Å². The van der Waals surface area contributed by atoms with E-state index in [4.69, 9.17) is 14.2 Å². The van der Waals surface area contributed by atoms with E-state index in [-0.39, 0.29) is 12.3 Å². The molecule has 23 heavy (non-hydrogen) atoms. The van der Waals surface area contributed by atoms with Crippen LogP contribution in [0.1, 0.15) is 44.5 Å². The summed E-state index contributed by atoms with van der Waals surface area (Å²) in [4.78, 5) is 23.4. The number of amides is 2. The van der Waals surface area contributed by atoms with Crippen molar-refractivity contribution in [1.29, 1.82) is 0 Å². The quantitative estimate of drug-likeness (QED) is 0.715. The molecule has 7 heteroatoms. The molecule has 0 radical (unpaired) electrons. The number of hydrogen-bond donors (Lipinski definition) is 2. The highest BCUT2D eigenvalue weighted by Crippen LogP contribution is 2.39. The van der Waals surface area contributed by atoms with Crippen LogP contribution in [-0.2, 0) is 4.79 Å². The predicted molar refractivity (Wildman–Crippen MR) is 85.8 cm³/mol. The fourth-order valence-electron chi connectivity index (χ4n) is 1.81. The summed E-state index contributed by atoms with van der Waals surface area (Å²) in [5, 5.41) is 0. The van der Waals surface area contributed by atoms with Crippen molar-refractivity contribution in [2.45, 2.75) is 34.1 Å². The van der Waals surface area contributed by atoms with Crippen LogP contribution < -0.4 is 25.1 Å². The molecule has 0 saturated heterocycles. The largest absolute Gasteiger partial charge is 0.490 e. The van der Waals surface area contributed by atoms with Gasteiger partial charge < -0.3 is 14.2 Å². The van der Waals surface area contributed by atoms with Crippen LogP contribution in [0.25, 0.3) is 0 Å². The Balaban J connectivity index is 3.11. The fourth-order valence-corrected chi connectivity index (χ4v) is 1.81. The predicted octanol–water partition coefficient (Wildman–Crippen LogP) is 2.05. The van der Waals surface area contributed by atoms with Crippen molar-refractivity contribution in [3.05, 3.63) is 17.7 Å². The molecule has 0 aliphatic carbocycles. The van der Waals surface area contributed by atoms with Gasteiger partial charge in [0.2, 0.25) is 11.7 Å². The SMILES string of the molecule is CCOc1cc(C(=O)NNC(=O)CC)cc(OCC)c1OCC. The van der Waals surface area contributed by atoms with Crippen LogP contribution in [0.15, 0.2) is 12.1 Å². The van der Waals surface area contributed by atoms with Crippen molar-refractivity contribution in [2.75, 3.05) is 19.8 Å². The van der Waals surface area contributed by atoms with Crippen molar-refractivity contribution < 1.29 is 23.8 Å². The number of carbonyl (C=O) groups excluding carboxylic acids is 2. The summed E-state index contributed by atoms with van der Waals surface area (Å²) in [7, 11) is 0. The van der Waals surface area contributed by atoms with Gasteiger partial charge in [-0.1, -0.05) is 6.92 Å². The number of nitrogens with one attached hydrogen (secondary N) is 2. The van der Waals surface area contributed by atoms with Crippen molar-refractivity contribution >= 4 is 11.8 Å². The maximum absolute atomic E-state index is 12.2. The average molecular weight is 324 g/mol. The molecule has 1 aromatic rings. The van der Waals surface area contributed by atoms with E-state index in [2.05, 4.69) is 10.9 Å². The standard InChI is InChI=1S/C16H24N2O5/c1-5-14(19)17-18-16(20)11-9-12(21-6-2)15(23-8-4)13(10-11)22-7-3/h9-10H,5-8H2,1-4H3,(H,17,19)(H,18,20). The van der Waals surface area contributed by atoms with Crippen molar-refractivity contribution in [1.82, 2.24) is 10.9 Å². The van der Waals surface area contributed by atoms with Crippen LogP contribution in [0.2, 0.25) is 0 Å². The Labute approximate surface area is 136 Å². The summed E-state index contributed by atoms with van der Waals surface area (Å²) in [6.45, 7) is 8.50. The number of hydrogen-bond acceptors (Lipinski definition) is 5. The molecule has 0 atom stereocenters. The van der Waals surface area contributed by atoms with Gasteiger partial charge in [0.15, 0.2) is 11.5 Å². The smallest absolute Gasteiger partial charge is 0.269 e. The van der Waals surface area contributed by atoms with E-state index < -0.39 is 5.91 Å². The summed E-state index contributed by atoms with van der Waals surface area (Å²) in [5.41, 5.74) is 4.97. The molecule has 0 heterocycles. The number of benzene rings is 1. The number of ether oxygens (including phenoxy) is 3. The van der Waals surface area contributed by atoms with Gasteiger partial charge >= 0.3 is 0 Å². The van der Waals surface area contributed by atoms with E-state index >= 15 is 0 Å². The third kappa shape index (κ3) is 5.36. The lowest BCUT2D eigenvalue weighted by atomic mass is 10.1. The lowest BCUT2D eigenvalue weighted by molar-refractivity contribution is -0.121. The van der Waals surface area contributed by atoms with Crippen molar-refractivity contribution in [3.8, 4) is 17.2 Å². The summed E-state index contributed by atoms with van der Waals surface area (Å²) in [6, 6.07) is 3.12. The third-order valence-electron chi connectivity index (χ3n) is 2.81. The second-order valence-electron chi connectivity index (χ2n) is 4.46. The average Bonchev–Trinajstić information content (AvgIpc) is 2.55. The number of rotatable bonds is 8. The van der Waals surface area contributed by atoms with Crippen LogP contribution in [-0.4, -0.2) is 31.6 Å². The van der Waals surface area contributed by atoms with Gasteiger partial charge in [-0.25, -0.2) is 0 Å². The minimum Gasteiger partial charge on any atom is -0.490 e. The summed E-state index contributed by atoms with van der Waals surface area (Å²) in [6.07, 6.45) is 0.276. The highest BCUT2D eigenvalue weighted by molar-refractivity contribution is 5.96. The Morgan fingerprint density at radius 1 is 0.870 bits per heavy atom. The highest BCUT2D eigenvalue weighted by atomic mass is 16.5. The Kier molecular flexibility index (Phi) is 7.73. The molecule has 1 aromatic carbocycles. The van der Waals surface area contributed by atoms with Gasteiger partial charge in [-0.05, 0) is 32.9 Å². The number of hydrazine groups is 1. The van der Waals surface area contributed by atoms with E-state index in [1.807, 2.05) is 20.8 Å². The second kappa shape index (κ2) is 9.55. The first-order chi connectivity index (χ1) is 11.1. The Morgan fingerprint density at radius 2 is 1.39 bits per heavy atom. The summed E-state index contributed by atoms with van der Waals surface area (Å²) >= 11 is 0. The van der Waals surface area contributed by atoms with E-state index in [9.17, 15) is 9.59 Å². The van der Waals surface area contributed by atoms with Crippen molar-refractivity contribution in [3.63, 3.8) is 0 Å². The van der Waals surface area contributed by atoms with Gasteiger partial charge in [-0.2, -0.15) is 0 Å². The molecule has 7 nitrogen and oxygen atoms in total. The molecule has 0 unspecified atom stereocenters. The topological polar surface area (TPSA) is 85.9 Å². The zero-order valence-corrected chi connectivity index (χ0v) is 14.0. The molecule has 128 valence electrons. The molecule has 0 aromatic heterocycles. The maximum Gasteiger partial charge on any atom is 0.269 e. The monoisotopic (exact) mass is 324 g/mol. The van der Waals surface area contributed by atoms with Crippen LogP contribution in [0.4, 0.5) is 0 Å².